The van der Waals surface area contributed by atoms with Crippen LogP contribution in [0, 0.1) is 5.92 Å². The SMILES string of the molecule is CN(CC1CCCCC1)c1cccc(NN)n1. The van der Waals surface area contributed by atoms with Crippen LogP contribution < -0.4 is 16.2 Å². The average molecular weight is 234 g/mol. The Labute approximate surface area is 103 Å². The Kier molecular flexibility index (Phi) is 4.20. The fraction of sp³-hybridized carbons (Fsp3) is 0.615. The molecule has 0 radical (unpaired) electrons. The number of nitrogens with two attached hydrogens (primary N) is 1. The Morgan fingerprint density at radius 2 is 2.12 bits per heavy atom. The smallest absolute Gasteiger partial charge is 0.142 e. The second-order valence-electron chi connectivity index (χ2n) is 4.91. The molecule has 1 aromatic rings. The second-order valence-corrected chi connectivity index (χ2v) is 4.91. The van der Waals surface area contributed by atoms with E-state index in [1.54, 1.807) is 0 Å². The molecule has 1 aliphatic rings. The summed E-state index contributed by atoms with van der Waals surface area (Å²) in [4.78, 5) is 6.68. The van der Waals surface area contributed by atoms with Gasteiger partial charge in [-0.25, -0.2) is 10.8 Å². The van der Waals surface area contributed by atoms with Gasteiger partial charge in [0.05, 0.1) is 0 Å². The highest BCUT2D eigenvalue weighted by Gasteiger charge is 2.16. The molecule has 94 valence electrons. The topological polar surface area (TPSA) is 54.2 Å². The zero-order chi connectivity index (χ0) is 12.1. The first-order chi connectivity index (χ1) is 8.29. The summed E-state index contributed by atoms with van der Waals surface area (Å²) in [7, 11) is 2.11. The predicted octanol–water partition coefficient (Wildman–Crippen LogP) is 2.38. The van der Waals surface area contributed by atoms with Crippen LogP contribution in [0.25, 0.3) is 0 Å². The van der Waals surface area contributed by atoms with Crippen molar-refractivity contribution < 1.29 is 0 Å². The third kappa shape index (κ3) is 3.33. The average Bonchev–Trinajstić information content (AvgIpc) is 2.40. The van der Waals surface area contributed by atoms with Gasteiger partial charge in [0.2, 0.25) is 0 Å². The van der Waals surface area contributed by atoms with E-state index in [2.05, 4.69) is 22.4 Å². The molecule has 0 bridgehead atoms. The number of hydrogen-bond donors (Lipinski definition) is 2. The molecular weight excluding hydrogens is 212 g/mol. The van der Waals surface area contributed by atoms with Crippen LogP contribution in [0.3, 0.4) is 0 Å². The van der Waals surface area contributed by atoms with Gasteiger partial charge < -0.3 is 10.3 Å². The van der Waals surface area contributed by atoms with Crippen LogP contribution in [0.4, 0.5) is 11.6 Å². The summed E-state index contributed by atoms with van der Waals surface area (Å²) in [5, 5.41) is 0. The summed E-state index contributed by atoms with van der Waals surface area (Å²) in [6, 6.07) is 5.89. The molecule has 0 aromatic carbocycles. The van der Waals surface area contributed by atoms with Crippen molar-refractivity contribution in [2.75, 3.05) is 23.9 Å². The molecule has 0 saturated heterocycles. The number of hydrogen-bond acceptors (Lipinski definition) is 4. The third-order valence-electron chi connectivity index (χ3n) is 3.53. The lowest BCUT2D eigenvalue weighted by Crippen LogP contribution is -2.27. The van der Waals surface area contributed by atoms with E-state index in [4.69, 9.17) is 5.84 Å². The molecule has 2 rings (SSSR count). The molecule has 3 N–H and O–H groups in total. The molecule has 1 heterocycles. The zero-order valence-electron chi connectivity index (χ0n) is 10.5. The van der Waals surface area contributed by atoms with E-state index in [0.717, 1.165) is 24.1 Å². The van der Waals surface area contributed by atoms with E-state index in [9.17, 15) is 0 Å². The molecule has 1 aliphatic carbocycles. The first-order valence-corrected chi connectivity index (χ1v) is 6.44. The minimum Gasteiger partial charge on any atom is -0.359 e. The van der Waals surface area contributed by atoms with Gasteiger partial charge in [-0.3, -0.25) is 0 Å². The molecule has 0 atom stereocenters. The van der Waals surface area contributed by atoms with Crippen molar-refractivity contribution in [2.24, 2.45) is 11.8 Å². The number of pyridine rings is 1. The number of nitrogens with one attached hydrogen (secondary N) is 1. The lowest BCUT2D eigenvalue weighted by atomic mass is 9.89. The molecule has 0 unspecified atom stereocenters. The van der Waals surface area contributed by atoms with Crippen LogP contribution in [0.1, 0.15) is 32.1 Å². The summed E-state index contributed by atoms with van der Waals surface area (Å²) in [5.74, 6) is 7.91. The van der Waals surface area contributed by atoms with Crippen molar-refractivity contribution >= 4 is 11.6 Å². The number of rotatable bonds is 4. The molecule has 4 heteroatoms. The van der Waals surface area contributed by atoms with Gasteiger partial charge in [0, 0.05) is 13.6 Å². The van der Waals surface area contributed by atoms with Crippen LogP contribution in [0.5, 0.6) is 0 Å². The van der Waals surface area contributed by atoms with Gasteiger partial charge in [-0.05, 0) is 30.9 Å². The van der Waals surface area contributed by atoms with Gasteiger partial charge >= 0.3 is 0 Å². The van der Waals surface area contributed by atoms with Crippen LogP contribution in [0.15, 0.2) is 18.2 Å². The maximum absolute atomic E-state index is 5.37. The minimum atomic E-state index is 0.720. The number of nitrogens with zero attached hydrogens (tertiary/aromatic N) is 2. The summed E-state index contributed by atoms with van der Waals surface area (Å²) in [6.07, 6.45) is 6.90. The molecule has 1 saturated carbocycles. The Morgan fingerprint density at radius 3 is 2.82 bits per heavy atom. The quantitative estimate of drug-likeness (QED) is 0.620. The molecule has 0 aliphatic heterocycles. The molecule has 17 heavy (non-hydrogen) atoms. The van der Waals surface area contributed by atoms with Crippen LogP contribution in [-0.4, -0.2) is 18.6 Å². The first kappa shape index (κ1) is 12.2. The highest BCUT2D eigenvalue weighted by molar-refractivity contribution is 5.45. The summed E-state index contributed by atoms with van der Waals surface area (Å²) in [5.41, 5.74) is 2.59. The molecule has 1 aromatic heterocycles. The third-order valence-corrected chi connectivity index (χ3v) is 3.53. The number of anilines is 2. The predicted molar refractivity (Wildman–Crippen MR) is 71.9 cm³/mol. The summed E-state index contributed by atoms with van der Waals surface area (Å²) in [6.45, 7) is 1.10. The maximum Gasteiger partial charge on any atom is 0.142 e. The van der Waals surface area contributed by atoms with Crippen molar-refractivity contribution in [1.82, 2.24) is 4.98 Å². The molecule has 1 fully saturated rings. The fourth-order valence-corrected chi connectivity index (χ4v) is 2.57. The molecule has 0 amide bonds. The normalized spacial score (nSPS) is 16.8. The molecular formula is C13H22N4. The number of nitrogen functional groups attached to an aromatic ring is 1. The van der Waals surface area contributed by atoms with Crippen molar-refractivity contribution in [3.8, 4) is 0 Å². The van der Waals surface area contributed by atoms with Gasteiger partial charge in [0.15, 0.2) is 0 Å². The summed E-state index contributed by atoms with van der Waals surface area (Å²) >= 11 is 0. The molecule has 0 spiro atoms. The first-order valence-electron chi connectivity index (χ1n) is 6.44. The highest BCUT2D eigenvalue weighted by Crippen LogP contribution is 2.25. The Balaban J connectivity index is 1.95. The van der Waals surface area contributed by atoms with E-state index in [0.29, 0.717) is 0 Å². The lowest BCUT2D eigenvalue weighted by molar-refractivity contribution is 0.361. The van der Waals surface area contributed by atoms with Crippen molar-refractivity contribution in [3.05, 3.63) is 18.2 Å². The van der Waals surface area contributed by atoms with E-state index in [1.165, 1.54) is 32.1 Å². The largest absolute Gasteiger partial charge is 0.359 e. The standard InChI is InChI=1S/C13H22N4/c1-17(10-11-6-3-2-4-7-11)13-9-5-8-12(15-13)16-14/h5,8-9,11H,2-4,6-7,10,14H2,1H3,(H,15,16). The van der Waals surface area contributed by atoms with Gasteiger partial charge in [-0.2, -0.15) is 0 Å². The van der Waals surface area contributed by atoms with E-state index in [-0.39, 0.29) is 0 Å². The highest BCUT2D eigenvalue weighted by atomic mass is 15.3. The van der Waals surface area contributed by atoms with Crippen molar-refractivity contribution in [2.45, 2.75) is 32.1 Å². The second kappa shape index (κ2) is 5.87. The van der Waals surface area contributed by atoms with E-state index >= 15 is 0 Å². The minimum absolute atomic E-state index is 0.720. The van der Waals surface area contributed by atoms with Crippen molar-refractivity contribution in [1.29, 1.82) is 0 Å². The van der Waals surface area contributed by atoms with Crippen LogP contribution in [0.2, 0.25) is 0 Å². The molecule has 4 nitrogen and oxygen atoms in total. The Morgan fingerprint density at radius 1 is 1.35 bits per heavy atom. The van der Waals surface area contributed by atoms with Crippen LogP contribution in [-0.2, 0) is 0 Å². The van der Waals surface area contributed by atoms with Crippen molar-refractivity contribution in [3.63, 3.8) is 0 Å². The monoisotopic (exact) mass is 234 g/mol. The van der Waals surface area contributed by atoms with Gasteiger partial charge in [0.1, 0.15) is 11.6 Å². The summed E-state index contributed by atoms with van der Waals surface area (Å²) < 4.78 is 0. The fourth-order valence-electron chi connectivity index (χ4n) is 2.57. The lowest BCUT2D eigenvalue weighted by Gasteiger charge is -2.27. The van der Waals surface area contributed by atoms with Gasteiger partial charge in [-0.1, -0.05) is 25.3 Å². The Hall–Kier alpha value is -1.29. The van der Waals surface area contributed by atoms with Crippen LogP contribution >= 0.6 is 0 Å². The zero-order valence-corrected chi connectivity index (χ0v) is 10.5. The van der Waals surface area contributed by atoms with E-state index < -0.39 is 0 Å². The maximum atomic E-state index is 5.37. The van der Waals surface area contributed by atoms with Gasteiger partial charge in [-0.15, -0.1) is 0 Å². The van der Waals surface area contributed by atoms with Gasteiger partial charge in [0.25, 0.3) is 0 Å². The number of aromatic nitrogens is 1. The Bertz CT molecular complexity index is 347. The number of hydrazine groups is 1. The van der Waals surface area contributed by atoms with E-state index in [1.807, 2.05) is 18.2 Å².